The molecule has 1 N–H and O–H groups in total. The van der Waals surface area contributed by atoms with Crippen molar-refractivity contribution in [3.05, 3.63) is 87.5 Å². The Morgan fingerprint density at radius 2 is 1.59 bits per heavy atom. The van der Waals surface area contributed by atoms with Crippen LogP contribution in [0, 0.1) is 6.92 Å². The van der Waals surface area contributed by atoms with Gasteiger partial charge in [-0.25, -0.2) is 0 Å². The number of carbonyl (C=O) groups excluding carboxylic acids is 1. The fourth-order valence-electron chi connectivity index (χ4n) is 3.66. The number of pyridine rings is 1. The lowest BCUT2D eigenvalue weighted by atomic mass is 10.1. The topological polar surface area (TPSA) is 51.1 Å². The monoisotopic (exact) mass is 404 g/mol. The van der Waals surface area contributed by atoms with Crippen molar-refractivity contribution < 1.29 is 4.79 Å². The van der Waals surface area contributed by atoms with Crippen LogP contribution in [-0.4, -0.2) is 10.5 Å². The number of nitrogens with zero attached hydrogens (tertiary/aromatic N) is 1. The number of hydrogen-bond donors (Lipinski definition) is 1. The Morgan fingerprint density at radius 1 is 0.966 bits per heavy atom. The molecular weight excluding hydrogens is 384 g/mol. The van der Waals surface area contributed by atoms with E-state index in [9.17, 15) is 9.59 Å². The molecular formula is C24H21ClN2O2. The summed E-state index contributed by atoms with van der Waals surface area (Å²) in [6.45, 7) is 2.58. The molecule has 0 aliphatic rings. The standard InChI is InChI=1S/C24H21ClN2O2/c1-16-12-13-17(25)15-20(16)26-23(28)11-6-14-27-21-9-4-2-7-18(21)24(29)19-8-3-5-10-22(19)27/h2-5,7-10,12-13,15H,6,11,14H2,1H3,(H,26,28). The van der Waals surface area contributed by atoms with Crippen LogP contribution in [0.5, 0.6) is 0 Å². The zero-order valence-corrected chi connectivity index (χ0v) is 16.9. The first-order valence-corrected chi connectivity index (χ1v) is 9.98. The van der Waals surface area contributed by atoms with E-state index in [-0.39, 0.29) is 11.3 Å². The van der Waals surface area contributed by atoms with Gasteiger partial charge >= 0.3 is 0 Å². The van der Waals surface area contributed by atoms with E-state index in [4.69, 9.17) is 11.6 Å². The van der Waals surface area contributed by atoms with Gasteiger partial charge in [0.15, 0.2) is 5.43 Å². The fraction of sp³-hybridized carbons (Fsp3) is 0.167. The molecule has 0 aliphatic heterocycles. The molecule has 0 saturated heterocycles. The minimum Gasteiger partial charge on any atom is -0.340 e. The van der Waals surface area contributed by atoms with Gasteiger partial charge in [-0.3, -0.25) is 9.59 Å². The lowest BCUT2D eigenvalue weighted by molar-refractivity contribution is -0.116. The highest BCUT2D eigenvalue weighted by atomic mass is 35.5. The first-order chi connectivity index (χ1) is 14.0. The molecule has 5 heteroatoms. The van der Waals surface area contributed by atoms with Gasteiger partial charge < -0.3 is 9.88 Å². The van der Waals surface area contributed by atoms with Crippen molar-refractivity contribution in [1.82, 2.24) is 4.57 Å². The molecule has 146 valence electrons. The molecule has 0 bridgehead atoms. The van der Waals surface area contributed by atoms with E-state index in [0.29, 0.717) is 35.2 Å². The molecule has 0 saturated carbocycles. The Kier molecular flexibility index (Phi) is 5.36. The van der Waals surface area contributed by atoms with Crippen molar-refractivity contribution in [3.63, 3.8) is 0 Å². The number of rotatable bonds is 5. The maximum Gasteiger partial charge on any atom is 0.224 e. The molecule has 3 aromatic carbocycles. The number of aromatic nitrogens is 1. The molecule has 0 atom stereocenters. The molecule has 0 spiro atoms. The van der Waals surface area contributed by atoms with Gasteiger partial charge in [0.1, 0.15) is 0 Å². The predicted molar refractivity (Wildman–Crippen MR) is 120 cm³/mol. The first-order valence-electron chi connectivity index (χ1n) is 9.61. The average molecular weight is 405 g/mol. The second-order valence-electron chi connectivity index (χ2n) is 7.13. The summed E-state index contributed by atoms with van der Waals surface area (Å²) in [6.07, 6.45) is 1.03. The first kappa shape index (κ1) is 19.2. The van der Waals surface area contributed by atoms with Gasteiger partial charge in [-0.1, -0.05) is 41.9 Å². The summed E-state index contributed by atoms with van der Waals surface area (Å²) < 4.78 is 2.13. The van der Waals surface area contributed by atoms with Gasteiger partial charge in [-0.05, 0) is 55.3 Å². The Labute approximate surface area is 173 Å². The summed E-state index contributed by atoms with van der Waals surface area (Å²) in [4.78, 5) is 25.2. The lowest BCUT2D eigenvalue weighted by Crippen LogP contribution is -2.15. The van der Waals surface area contributed by atoms with Gasteiger partial charge in [0.25, 0.3) is 0 Å². The molecule has 1 aromatic heterocycles. The molecule has 29 heavy (non-hydrogen) atoms. The zero-order chi connectivity index (χ0) is 20.4. The van der Waals surface area contributed by atoms with Gasteiger partial charge in [-0.2, -0.15) is 0 Å². The van der Waals surface area contributed by atoms with Crippen LogP contribution in [0.25, 0.3) is 21.8 Å². The van der Waals surface area contributed by atoms with Crippen molar-refractivity contribution >= 4 is 45.0 Å². The molecule has 4 nitrogen and oxygen atoms in total. The number of para-hydroxylation sites is 2. The van der Waals surface area contributed by atoms with E-state index < -0.39 is 0 Å². The third-order valence-corrected chi connectivity index (χ3v) is 5.37. The third-order valence-electron chi connectivity index (χ3n) is 5.14. The number of aryl methyl sites for hydroxylation is 2. The Morgan fingerprint density at radius 3 is 2.24 bits per heavy atom. The number of halogens is 1. The van der Waals surface area contributed by atoms with Gasteiger partial charge in [0.05, 0.1) is 11.0 Å². The normalized spacial score (nSPS) is 11.1. The molecule has 0 fully saturated rings. The largest absolute Gasteiger partial charge is 0.340 e. The average Bonchev–Trinajstić information content (AvgIpc) is 2.73. The second-order valence-corrected chi connectivity index (χ2v) is 7.56. The molecule has 4 aromatic rings. The predicted octanol–water partition coefficient (Wildman–Crippen LogP) is 5.54. The van der Waals surface area contributed by atoms with Crippen LogP contribution in [0.3, 0.4) is 0 Å². The third kappa shape index (κ3) is 3.89. The minimum absolute atomic E-state index is 0.0432. The van der Waals surface area contributed by atoms with Crippen molar-refractivity contribution in [2.75, 3.05) is 5.32 Å². The number of benzene rings is 3. The summed E-state index contributed by atoms with van der Waals surface area (Å²) >= 11 is 6.03. The van der Waals surface area contributed by atoms with E-state index >= 15 is 0 Å². The van der Waals surface area contributed by atoms with E-state index in [1.807, 2.05) is 61.5 Å². The summed E-state index contributed by atoms with van der Waals surface area (Å²) in [6, 6.07) is 20.7. The van der Waals surface area contributed by atoms with Crippen LogP contribution in [-0.2, 0) is 11.3 Å². The molecule has 4 rings (SSSR count). The summed E-state index contributed by atoms with van der Waals surface area (Å²) in [5.74, 6) is -0.0509. The number of hydrogen-bond acceptors (Lipinski definition) is 2. The van der Waals surface area contributed by atoms with Gasteiger partial charge in [0, 0.05) is 34.4 Å². The maximum atomic E-state index is 12.8. The lowest BCUT2D eigenvalue weighted by Gasteiger charge is -2.15. The fourth-order valence-corrected chi connectivity index (χ4v) is 3.83. The van der Waals surface area contributed by atoms with Crippen LogP contribution in [0.4, 0.5) is 5.69 Å². The number of nitrogens with one attached hydrogen (secondary N) is 1. The maximum absolute atomic E-state index is 12.8. The van der Waals surface area contributed by atoms with Crippen molar-refractivity contribution in [2.24, 2.45) is 0 Å². The van der Waals surface area contributed by atoms with E-state index in [2.05, 4.69) is 9.88 Å². The number of anilines is 1. The van der Waals surface area contributed by atoms with Crippen molar-refractivity contribution in [2.45, 2.75) is 26.3 Å². The molecule has 1 amide bonds. The van der Waals surface area contributed by atoms with Gasteiger partial charge in [-0.15, -0.1) is 0 Å². The highest BCUT2D eigenvalue weighted by Gasteiger charge is 2.11. The van der Waals surface area contributed by atoms with Crippen molar-refractivity contribution in [1.29, 1.82) is 0 Å². The van der Waals surface area contributed by atoms with Crippen molar-refractivity contribution in [3.8, 4) is 0 Å². The number of fused-ring (bicyclic) bond motifs is 2. The molecule has 0 radical (unpaired) electrons. The van der Waals surface area contributed by atoms with Crippen LogP contribution in [0.1, 0.15) is 18.4 Å². The molecule has 1 heterocycles. The quantitative estimate of drug-likeness (QED) is 0.444. The van der Waals surface area contributed by atoms with E-state index in [1.165, 1.54) is 0 Å². The highest BCUT2D eigenvalue weighted by molar-refractivity contribution is 6.31. The highest BCUT2D eigenvalue weighted by Crippen LogP contribution is 2.22. The molecule has 0 unspecified atom stereocenters. The summed E-state index contributed by atoms with van der Waals surface area (Å²) in [7, 11) is 0. The van der Waals surface area contributed by atoms with E-state index in [0.717, 1.165) is 22.3 Å². The van der Waals surface area contributed by atoms with Crippen LogP contribution >= 0.6 is 11.6 Å². The second kappa shape index (κ2) is 8.10. The number of amides is 1. The number of carbonyl (C=O) groups is 1. The SMILES string of the molecule is Cc1ccc(Cl)cc1NC(=O)CCCn1c2ccccc2c(=O)c2ccccc21. The summed E-state index contributed by atoms with van der Waals surface area (Å²) in [5, 5.41) is 4.93. The smallest absolute Gasteiger partial charge is 0.224 e. The Bertz CT molecular complexity index is 1220. The Hall–Kier alpha value is -3.11. The minimum atomic E-state index is -0.0509. The van der Waals surface area contributed by atoms with Gasteiger partial charge in [0.2, 0.25) is 5.91 Å². The van der Waals surface area contributed by atoms with Crippen LogP contribution in [0.15, 0.2) is 71.5 Å². The van der Waals surface area contributed by atoms with Crippen LogP contribution in [0.2, 0.25) is 5.02 Å². The Balaban J connectivity index is 1.57. The zero-order valence-electron chi connectivity index (χ0n) is 16.1. The summed E-state index contributed by atoms with van der Waals surface area (Å²) in [5.41, 5.74) is 3.54. The van der Waals surface area contributed by atoms with Crippen LogP contribution < -0.4 is 10.7 Å². The van der Waals surface area contributed by atoms with E-state index in [1.54, 1.807) is 12.1 Å². The molecule has 0 aliphatic carbocycles.